The van der Waals surface area contributed by atoms with E-state index in [0.717, 1.165) is 11.1 Å². The lowest BCUT2D eigenvalue weighted by atomic mass is 9.72. The number of Topliss-reactive ketones (excluding diaryl/α,β-unsaturated/α-hetero) is 1. The van der Waals surface area contributed by atoms with E-state index in [1.165, 1.54) is 5.56 Å². The largest absolute Gasteiger partial charge is 0.293 e. The van der Waals surface area contributed by atoms with E-state index in [-0.39, 0.29) is 17.6 Å². The van der Waals surface area contributed by atoms with Crippen LogP contribution < -0.4 is 0 Å². The Morgan fingerprint density at radius 3 is 1.56 bits per heavy atom. The van der Waals surface area contributed by atoms with Crippen molar-refractivity contribution in [3.8, 4) is 0 Å². The molecule has 1 nitrogen and oxygen atoms in total. The highest BCUT2D eigenvalue weighted by atomic mass is 16.1. The monoisotopic (exact) mass is 328 g/mol. The Bertz CT molecular complexity index is 791. The van der Waals surface area contributed by atoms with Gasteiger partial charge in [0.1, 0.15) is 0 Å². The van der Waals surface area contributed by atoms with Crippen LogP contribution in [0.4, 0.5) is 0 Å². The molecule has 0 unspecified atom stereocenters. The predicted octanol–water partition coefficient (Wildman–Crippen LogP) is 6.09. The highest BCUT2D eigenvalue weighted by molar-refractivity contribution is 6.01. The molecular weight excluding hydrogens is 304 g/mol. The van der Waals surface area contributed by atoms with Gasteiger partial charge in [-0.05, 0) is 17.0 Å². The molecule has 0 fully saturated rings. The third-order valence-corrected chi connectivity index (χ3v) is 4.76. The van der Waals surface area contributed by atoms with E-state index in [9.17, 15) is 4.79 Å². The number of hydrogen-bond acceptors (Lipinski definition) is 1. The minimum absolute atomic E-state index is 0.135. The highest BCUT2D eigenvalue weighted by Crippen LogP contribution is 2.40. The highest BCUT2D eigenvalue weighted by Gasteiger charge is 2.33. The molecule has 1 heteroatoms. The Balaban J connectivity index is 2.11. The van der Waals surface area contributed by atoms with E-state index in [4.69, 9.17) is 0 Å². The van der Waals surface area contributed by atoms with Crippen LogP contribution in [0.3, 0.4) is 0 Å². The van der Waals surface area contributed by atoms with Crippen LogP contribution in [0.1, 0.15) is 47.2 Å². The molecule has 3 aromatic rings. The van der Waals surface area contributed by atoms with E-state index in [0.29, 0.717) is 5.92 Å². The molecule has 0 N–H and O–H groups in total. The van der Waals surface area contributed by atoms with Gasteiger partial charge in [-0.1, -0.05) is 105 Å². The molecule has 0 aromatic heterocycles. The Labute approximate surface area is 150 Å². The van der Waals surface area contributed by atoms with Crippen molar-refractivity contribution in [2.75, 3.05) is 0 Å². The van der Waals surface area contributed by atoms with Crippen LogP contribution in [-0.4, -0.2) is 5.78 Å². The van der Waals surface area contributed by atoms with Crippen molar-refractivity contribution in [2.24, 2.45) is 5.92 Å². The van der Waals surface area contributed by atoms with E-state index in [1.807, 2.05) is 54.6 Å². The van der Waals surface area contributed by atoms with Crippen molar-refractivity contribution >= 4 is 5.78 Å². The standard InChI is InChI=1S/C24H24O/c1-18(2)22(19-12-6-3-7-13-19)23(20-14-8-4-9-15-20)24(25)21-16-10-5-11-17-21/h3-18,22-23H,1-2H3/t22-,23+/m1/s1. The second kappa shape index (κ2) is 7.94. The average molecular weight is 328 g/mol. The first-order valence-corrected chi connectivity index (χ1v) is 8.87. The molecule has 0 saturated carbocycles. The molecule has 0 aliphatic carbocycles. The summed E-state index contributed by atoms with van der Waals surface area (Å²) in [5.41, 5.74) is 3.08. The summed E-state index contributed by atoms with van der Waals surface area (Å²) in [7, 11) is 0. The van der Waals surface area contributed by atoms with E-state index in [1.54, 1.807) is 0 Å². The molecule has 3 rings (SSSR count). The van der Waals surface area contributed by atoms with Crippen molar-refractivity contribution in [3.05, 3.63) is 108 Å². The van der Waals surface area contributed by atoms with Crippen LogP contribution >= 0.6 is 0 Å². The molecular formula is C24H24O. The molecule has 126 valence electrons. The Morgan fingerprint density at radius 1 is 0.640 bits per heavy atom. The van der Waals surface area contributed by atoms with Crippen molar-refractivity contribution in [2.45, 2.75) is 25.7 Å². The molecule has 0 amide bonds. The summed E-state index contributed by atoms with van der Waals surface area (Å²) >= 11 is 0. The fourth-order valence-electron chi connectivity index (χ4n) is 3.60. The molecule has 2 atom stereocenters. The van der Waals surface area contributed by atoms with Crippen LogP contribution in [0, 0.1) is 5.92 Å². The van der Waals surface area contributed by atoms with Crippen molar-refractivity contribution in [1.29, 1.82) is 0 Å². The Hall–Kier alpha value is -2.67. The first-order valence-electron chi connectivity index (χ1n) is 8.87. The van der Waals surface area contributed by atoms with Gasteiger partial charge in [0, 0.05) is 11.5 Å². The van der Waals surface area contributed by atoms with Gasteiger partial charge in [0.15, 0.2) is 5.78 Å². The molecule has 0 spiro atoms. The van der Waals surface area contributed by atoms with Gasteiger partial charge >= 0.3 is 0 Å². The molecule has 3 aromatic carbocycles. The first-order chi connectivity index (χ1) is 12.2. The quantitative estimate of drug-likeness (QED) is 0.500. The van der Waals surface area contributed by atoms with Crippen LogP contribution in [-0.2, 0) is 0 Å². The van der Waals surface area contributed by atoms with Gasteiger partial charge in [-0.25, -0.2) is 0 Å². The second-order valence-corrected chi connectivity index (χ2v) is 6.80. The van der Waals surface area contributed by atoms with E-state index >= 15 is 0 Å². The van der Waals surface area contributed by atoms with Gasteiger partial charge in [0.2, 0.25) is 0 Å². The maximum Gasteiger partial charge on any atom is 0.170 e. The molecule has 25 heavy (non-hydrogen) atoms. The van der Waals surface area contributed by atoms with Crippen LogP contribution in [0.2, 0.25) is 0 Å². The lowest BCUT2D eigenvalue weighted by Gasteiger charge is -2.30. The fraction of sp³-hybridized carbons (Fsp3) is 0.208. The Morgan fingerprint density at radius 2 is 1.08 bits per heavy atom. The van der Waals surface area contributed by atoms with Crippen LogP contribution in [0.15, 0.2) is 91.0 Å². The maximum absolute atomic E-state index is 13.5. The van der Waals surface area contributed by atoms with Crippen LogP contribution in [0.25, 0.3) is 0 Å². The summed E-state index contributed by atoms with van der Waals surface area (Å²) in [6, 6.07) is 30.2. The predicted molar refractivity (Wildman–Crippen MR) is 104 cm³/mol. The number of carbonyl (C=O) groups excluding carboxylic acids is 1. The molecule has 0 bridgehead atoms. The summed E-state index contributed by atoms with van der Waals surface area (Å²) in [6.07, 6.45) is 0. The Kier molecular flexibility index (Phi) is 5.45. The van der Waals surface area contributed by atoms with Gasteiger partial charge in [-0.2, -0.15) is 0 Å². The summed E-state index contributed by atoms with van der Waals surface area (Å²) in [6.45, 7) is 4.40. The van der Waals surface area contributed by atoms with Crippen molar-refractivity contribution < 1.29 is 4.79 Å². The molecule has 0 aliphatic rings. The normalized spacial score (nSPS) is 13.4. The zero-order valence-electron chi connectivity index (χ0n) is 14.8. The molecule has 0 saturated heterocycles. The van der Waals surface area contributed by atoms with Gasteiger partial charge < -0.3 is 0 Å². The zero-order chi connectivity index (χ0) is 17.6. The maximum atomic E-state index is 13.5. The van der Waals surface area contributed by atoms with Crippen molar-refractivity contribution in [3.63, 3.8) is 0 Å². The summed E-state index contributed by atoms with van der Waals surface area (Å²) in [5.74, 6) is 0.483. The topological polar surface area (TPSA) is 17.1 Å². The first kappa shape index (κ1) is 17.2. The number of hydrogen-bond donors (Lipinski definition) is 0. The zero-order valence-corrected chi connectivity index (χ0v) is 14.8. The summed E-state index contributed by atoms with van der Waals surface area (Å²) in [4.78, 5) is 13.5. The van der Waals surface area contributed by atoms with Crippen molar-refractivity contribution in [1.82, 2.24) is 0 Å². The third kappa shape index (κ3) is 3.88. The smallest absolute Gasteiger partial charge is 0.170 e. The number of rotatable bonds is 6. The average Bonchev–Trinajstić information content (AvgIpc) is 2.67. The number of ketones is 1. The second-order valence-electron chi connectivity index (χ2n) is 6.80. The van der Waals surface area contributed by atoms with Gasteiger partial charge in [0.05, 0.1) is 5.92 Å². The van der Waals surface area contributed by atoms with Gasteiger partial charge in [-0.3, -0.25) is 4.79 Å². The van der Waals surface area contributed by atoms with E-state index in [2.05, 4.69) is 50.2 Å². The minimum atomic E-state index is -0.189. The fourth-order valence-corrected chi connectivity index (χ4v) is 3.60. The summed E-state index contributed by atoms with van der Waals surface area (Å²) in [5, 5.41) is 0. The van der Waals surface area contributed by atoms with E-state index < -0.39 is 0 Å². The number of benzene rings is 3. The SMILES string of the molecule is CC(C)[C@H](c1ccccc1)[C@@H](C(=O)c1ccccc1)c1ccccc1. The third-order valence-electron chi connectivity index (χ3n) is 4.76. The summed E-state index contributed by atoms with van der Waals surface area (Å²) < 4.78 is 0. The minimum Gasteiger partial charge on any atom is -0.293 e. The van der Waals surface area contributed by atoms with Gasteiger partial charge in [0.25, 0.3) is 0 Å². The number of carbonyl (C=O) groups is 1. The van der Waals surface area contributed by atoms with Crippen LogP contribution in [0.5, 0.6) is 0 Å². The van der Waals surface area contributed by atoms with Gasteiger partial charge in [-0.15, -0.1) is 0 Å². The molecule has 0 aliphatic heterocycles. The lowest BCUT2D eigenvalue weighted by molar-refractivity contribution is 0.0936. The molecule has 0 radical (unpaired) electrons. The lowest BCUT2D eigenvalue weighted by Crippen LogP contribution is -2.24. The molecule has 0 heterocycles.